The summed E-state index contributed by atoms with van der Waals surface area (Å²) in [7, 11) is 2.91. The predicted molar refractivity (Wildman–Crippen MR) is 193 cm³/mol. The van der Waals surface area contributed by atoms with E-state index in [1.807, 2.05) is 12.1 Å². The van der Waals surface area contributed by atoms with E-state index in [4.69, 9.17) is 42.8 Å². The number of aliphatic hydroxyl groups excluding tert-OH is 1. The summed E-state index contributed by atoms with van der Waals surface area (Å²) in [5.74, 6) is -0.136. The third kappa shape index (κ3) is 9.70. The lowest BCUT2D eigenvalue weighted by molar-refractivity contribution is -0.185. The van der Waals surface area contributed by atoms with Gasteiger partial charge < -0.3 is 53.2 Å². The van der Waals surface area contributed by atoms with Gasteiger partial charge in [0.15, 0.2) is 23.0 Å². The summed E-state index contributed by atoms with van der Waals surface area (Å²) in [6, 6.07) is 15.7. The molecule has 15 nitrogen and oxygen atoms in total. The predicted octanol–water partition coefficient (Wildman–Crippen LogP) is 2.72. The molecule has 3 heterocycles. The number of hydrogen-bond acceptors (Lipinski definition) is 14. The van der Waals surface area contributed by atoms with Crippen molar-refractivity contribution in [1.82, 2.24) is 9.80 Å². The van der Waals surface area contributed by atoms with Crippen LogP contribution in [0.5, 0.6) is 34.5 Å². The van der Waals surface area contributed by atoms with Gasteiger partial charge in [-0.15, -0.1) is 0 Å². The van der Waals surface area contributed by atoms with Crippen molar-refractivity contribution in [3.05, 3.63) is 76.9 Å². The topological polar surface area (TPSA) is 183 Å². The minimum absolute atomic E-state index is 0.0920. The van der Waals surface area contributed by atoms with Gasteiger partial charge in [-0.05, 0) is 73.1 Å². The first kappa shape index (κ1) is 39.6. The number of fused-ring (bicyclic) bond motifs is 1. The summed E-state index contributed by atoms with van der Waals surface area (Å²) in [5, 5.41) is 20.0. The lowest BCUT2D eigenvalue weighted by Gasteiger charge is -2.32. The highest BCUT2D eigenvalue weighted by Gasteiger charge is 2.48. The largest absolute Gasteiger partial charge is 0.497 e. The van der Waals surface area contributed by atoms with E-state index in [1.165, 1.54) is 0 Å². The Morgan fingerprint density at radius 3 is 2.21 bits per heavy atom. The summed E-state index contributed by atoms with van der Waals surface area (Å²) >= 11 is 0. The van der Waals surface area contributed by atoms with Gasteiger partial charge in [-0.2, -0.15) is 8.42 Å². The molecule has 3 aliphatic heterocycles. The van der Waals surface area contributed by atoms with Crippen molar-refractivity contribution >= 4 is 21.7 Å². The molecule has 0 radical (unpaired) electrons. The van der Waals surface area contributed by atoms with E-state index in [0.29, 0.717) is 57.8 Å². The zero-order valence-corrected chi connectivity index (χ0v) is 31.0. The molecule has 6 rings (SSSR count). The summed E-state index contributed by atoms with van der Waals surface area (Å²) in [5.41, 5.74) is 2.24. The Hall–Kier alpha value is -4.58. The molecule has 3 aromatic rings. The van der Waals surface area contributed by atoms with Gasteiger partial charge in [-0.25, -0.2) is 4.79 Å². The number of cyclic esters (lactones) is 1. The number of nitrogens with zero attached hydrogens (tertiary/aromatic N) is 2. The van der Waals surface area contributed by atoms with Crippen LogP contribution in [0.3, 0.4) is 0 Å². The van der Waals surface area contributed by atoms with Crippen LogP contribution in [0.1, 0.15) is 23.1 Å². The van der Waals surface area contributed by atoms with E-state index in [0.717, 1.165) is 44.7 Å². The minimum Gasteiger partial charge on any atom is -0.497 e. The van der Waals surface area contributed by atoms with Gasteiger partial charge in [0.2, 0.25) is 12.5 Å². The Balaban J connectivity index is 0.000000705. The summed E-state index contributed by atoms with van der Waals surface area (Å²) in [4.78, 5) is 18.4. The number of ether oxygens (including phenoxy) is 7. The first-order valence-electron chi connectivity index (χ1n) is 17.0. The first-order valence-corrected chi connectivity index (χ1v) is 18.6. The van der Waals surface area contributed by atoms with Gasteiger partial charge in [0, 0.05) is 50.3 Å². The Morgan fingerprint density at radius 1 is 0.887 bits per heavy atom. The number of esters is 1. The maximum absolute atomic E-state index is 13.6. The summed E-state index contributed by atoms with van der Waals surface area (Å²) in [6.07, 6.45) is 0.981. The molecule has 3 aromatic carbocycles. The van der Waals surface area contributed by atoms with Crippen molar-refractivity contribution < 1.29 is 61.1 Å². The number of likely N-dealkylation sites (N-methyl/N-ethyl adjacent to an activating group) is 1. The molecule has 0 amide bonds. The standard InChI is InChI=1S/C35H40N2O9.C2H6O4S/c1-36-13-15-37(16-14-36)12-5-17-43-31-20-23(19-30(41-3)33(31)42-4)18-27-32(24-6-11-28-29(21-24)45-22-44-28)34(38)46-35(27,39)25-7-9-26(40-2)10-8-25;3-1-2-7(4,5)6/h6-11,19-21,39H,5,12-18,22H2,1-4H3;3H,1-2H2,(H,4,5,6). The Morgan fingerprint density at radius 2 is 1.58 bits per heavy atom. The van der Waals surface area contributed by atoms with Crippen LogP contribution in [0.15, 0.2) is 60.2 Å². The van der Waals surface area contributed by atoms with Crippen LogP contribution < -0.4 is 28.4 Å². The normalized spacial score (nSPS) is 18.7. The fourth-order valence-electron chi connectivity index (χ4n) is 6.20. The zero-order valence-electron chi connectivity index (χ0n) is 30.2. The molecule has 16 heteroatoms. The molecule has 0 aliphatic carbocycles. The van der Waals surface area contributed by atoms with Gasteiger partial charge >= 0.3 is 5.97 Å². The quantitative estimate of drug-likeness (QED) is 0.124. The number of aliphatic hydroxyl groups is 2. The molecule has 0 aromatic heterocycles. The van der Waals surface area contributed by atoms with Crippen molar-refractivity contribution in [2.75, 3.05) is 86.9 Å². The van der Waals surface area contributed by atoms with Crippen LogP contribution in [-0.4, -0.2) is 126 Å². The van der Waals surface area contributed by atoms with E-state index < -0.39 is 34.2 Å². The number of benzene rings is 3. The number of rotatable bonds is 14. The number of methoxy groups -OCH3 is 3. The van der Waals surface area contributed by atoms with Crippen LogP contribution >= 0.6 is 0 Å². The molecule has 1 saturated heterocycles. The van der Waals surface area contributed by atoms with E-state index in [-0.39, 0.29) is 18.8 Å². The van der Waals surface area contributed by atoms with Crippen LogP contribution in [-0.2, 0) is 31.9 Å². The van der Waals surface area contributed by atoms with E-state index in [2.05, 4.69) is 16.8 Å². The minimum atomic E-state index is -3.92. The van der Waals surface area contributed by atoms with Gasteiger partial charge in [-0.3, -0.25) is 4.55 Å². The molecule has 3 N–H and O–H groups in total. The molecule has 288 valence electrons. The molecular formula is C37H46N2O13S. The molecule has 0 saturated carbocycles. The van der Waals surface area contributed by atoms with Crippen LogP contribution in [0, 0.1) is 0 Å². The maximum atomic E-state index is 13.6. The zero-order chi connectivity index (χ0) is 38.2. The molecule has 0 bridgehead atoms. The molecule has 3 aliphatic rings. The highest BCUT2D eigenvalue weighted by Crippen LogP contribution is 2.48. The Labute approximate surface area is 308 Å². The smallest absolute Gasteiger partial charge is 0.342 e. The fourth-order valence-corrected chi connectivity index (χ4v) is 6.43. The van der Waals surface area contributed by atoms with E-state index in [1.54, 1.807) is 63.8 Å². The van der Waals surface area contributed by atoms with Crippen molar-refractivity contribution in [3.8, 4) is 34.5 Å². The second-order valence-corrected chi connectivity index (χ2v) is 14.1. The van der Waals surface area contributed by atoms with Gasteiger partial charge in [0.25, 0.3) is 15.9 Å². The lowest BCUT2D eigenvalue weighted by Crippen LogP contribution is -2.44. The average Bonchev–Trinajstić information content (AvgIpc) is 3.71. The molecule has 0 spiro atoms. The maximum Gasteiger partial charge on any atom is 0.342 e. The molecular weight excluding hydrogens is 712 g/mol. The monoisotopic (exact) mass is 758 g/mol. The number of carbonyl (C=O) groups excluding carboxylic acids is 1. The van der Waals surface area contributed by atoms with Gasteiger partial charge in [0.1, 0.15) is 5.75 Å². The second-order valence-electron chi connectivity index (χ2n) is 12.5. The lowest BCUT2D eigenvalue weighted by atomic mass is 9.88. The SMILES string of the molecule is COc1ccc(C2(O)OC(=O)C(c3ccc4c(c3)OCO4)=C2Cc2cc(OC)c(OC)c(OCCCN3CCN(C)CC3)c2)cc1.O=S(=O)(O)CCO. The van der Waals surface area contributed by atoms with Gasteiger partial charge in [0.05, 0.1) is 45.9 Å². The van der Waals surface area contributed by atoms with Crippen molar-refractivity contribution in [3.63, 3.8) is 0 Å². The van der Waals surface area contributed by atoms with Crippen molar-refractivity contribution in [1.29, 1.82) is 0 Å². The van der Waals surface area contributed by atoms with E-state index >= 15 is 0 Å². The third-order valence-electron chi connectivity index (χ3n) is 9.00. The Bertz CT molecular complexity index is 1880. The van der Waals surface area contributed by atoms with Crippen LogP contribution in [0.4, 0.5) is 0 Å². The first-order chi connectivity index (χ1) is 25.4. The highest BCUT2D eigenvalue weighted by molar-refractivity contribution is 7.85. The molecule has 1 unspecified atom stereocenters. The number of hydrogen-bond donors (Lipinski definition) is 3. The van der Waals surface area contributed by atoms with Crippen LogP contribution in [0.2, 0.25) is 0 Å². The van der Waals surface area contributed by atoms with Crippen molar-refractivity contribution in [2.24, 2.45) is 0 Å². The second kappa shape index (κ2) is 17.5. The molecule has 53 heavy (non-hydrogen) atoms. The molecule has 1 atom stereocenters. The van der Waals surface area contributed by atoms with E-state index in [9.17, 15) is 18.3 Å². The highest BCUT2D eigenvalue weighted by atomic mass is 32.2. The number of piperazine rings is 1. The summed E-state index contributed by atoms with van der Waals surface area (Å²) in [6.45, 7) is 5.20. The third-order valence-corrected chi connectivity index (χ3v) is 9.70. The van der Waals surface area contributed by atoms with Crippen molar-refractivity contribution in [2.45, 2.75) is 18.6 Å². The average molecular weight is 759 g/mol. The number of carbonyl (C=O) groups is 1. The summed E-state index contributed by atoms with van der Waals surface area (Å²) < 4.78 is 66.9. The Kier molecular flexibility index (Phi) is 13.1. The fraction of sp³-hybridized carbons (Fsp3) is 0.432. The van der Waals surface area contributed by atoms with Gasteiger partial charge in [-0.1, -0.05) is 6.07 Å². The molecule has 1 fully saturated rings. The van der Waals surface area contributed by atoms with Crippen LogP contribution in [0.25, 0.3) is 5.57 Å².